The van der Waals surface area contributed by atoms with Crippen LogP contribution >= 0.6 is 0 Å². The molecule has 33 heavy (non-hydrogen) atoms. The number of carbonyl (C=O) groups is 1. The van der Waals surface area contributed by atoms with Gasteiger partial charge in [-0.1, -0.05) is 32.0 Å². The van der Waals surface area contributed by atoms with Crippen molar-refractivity contribution in [2.45, 2.75) is 51.9 Å². The summed E-state index contributed by atoms with van der Waals surface area (Å²) in [4.78, 5) is 26.8. The van der Waals surface area contributed by atoms with Crippen molar-refractivity contribution in [2.24, 2.45) is 0 Å². The molecule has 4 rings (SSSR count). The van der Waals surface area contributed by atoms with E-state index in [-0.39, 0.29) is 17.2 Å². The molecule has 0 saturated carbocycles. The van der Waals surface area contributed by atoms with Gasteiger partial charge in [-0.3, -0.25) is 4.79 Å². The Morgan fingerprint density at radius 1 is 1.15 bits per heavy atom. The third-order valence-corrected chi connectivity index (χ3v) is 6.16. The second-order valence-corrected chi connectivity index (χ2v) is 10.1. The molecule has 2 aromatic heterocycles. The van der Waals surface area contributed by atoms with Crippen LogP contribution in [0.3, 0.4) is 0 Å². The van der Waals surface area contributed by atoms with Gasteiger partial charge in [0, 0.05) is 62.0 Å². The Hall–Kier alpha value is -3.22. The molecule has 0 aliphatic carbocycles. The lowest BCUT2D eigenvalue weighted by Crippen LogP contribution is -2.38. The molecule has 1 fully saturated rings. The smallest absolute Gasteiger partial charge is 0.253 e. The van der Waals surface area contributed by atoms with Crippen LogP contribution in [0.2, 0.25) is 0 Å². The molecule has 0 atom stereocenters. The minimum Gasteiger partial charge on any atom is -0.378 e. The zero-order chi connectivity index (χ0) is 23.8. The summed E-state index contributed by atoms with van der Waals surface area (Å²) in [6.45, 7) is 9.65. The van der Waals surface area contributed by atoms with Crippen molar-refractivity contribution in [1.82, 2.24) is 20.0 Å². The maximum atomic E-state index is 13.2. The summed E-state index contributed by atoms with van der Waals surface area (Å²) >= 11 is 0. The van der Waals surface area contributed by atoms with Gasteiger partial charge in [-0.25, -0.2) is 9.97 Å². The second-order valence-electron chi connectivity index (χ2n) is 10.1. The third-order valence-electron chi connectivity index (χ3n) is 6.16. The summed E-state index contributed by atoms with van der Waals surface area (Å²) in [7, 11) is 3.96. The average Bonchev–Trinajstić information content (AvgIpc) is 3.24. The molecule has 0 bridgehead atoms. The van der Waals surface area contributed by atoms with Crippen LogP contribution in [0.5, 0.6) is 0 Å². The summed E-state index contributed by atoms with van der Waals surface area (Å²) in [6, 6.07) is 9.73. The largest absolute Gasteiger partial charge is 0.378 e. The molecule has 1 aliphatic heterocycles. The van der Waals surface area contributed by atoms with E-state index in [0.717, 1.165) is 46.9 Å². The molecule has 0 N–H and O–H groups in total. The number of aromatic nitrogens is 3. The lowest BCUT2D eigenvalue weighted by atomic mass is 9.88. The molecule has 174 valence electrons. The highest BCUT2D eigenvalue weighted by atomic mass is 16.5. The summed E-state index contributed by atoms with van der Waals surface area (Å²) < 4.78 is 5.56. The van der Waals surface area contributed by atoms with Gasteiger partial charge in [-0.2, -0.15) is 0 Å². The number of likely N-dealkylation sites (tertiary alicyclic amines) is 1. The lowest BCUT2D eigenvalue weighted by molar-refractivity contribution is 0.0712. The van der Waals surface area contributed by atoms with Crippen molar-refractivity contribution < 1.29 is 9.32 Å². The van der Waals surface area contributed by atoms with E-state index in [1.54, 1.807) is 0 Å². The van der Waals surface area contributed by atoms with Gasteiger partial charge in [-0.15, -0.1) is 0 Å². The average molecular weight is 448 g/mol. The molecule has 3 aromatic rings. The number of anilines is 1. The molecule has 7 heteroatoms. The van der Waals surface area contributed by atoms with Gasteiger partial charge in [0.25, 0.3) is 5.91 Å². The molecule has 0 radical (unpaired) electrons. The van der Waals surface area contributed by atoms with Crippen molar-refractivity contribution in [1.29, 1.82) is 0 Å². The SMILES string of the molecule is Cc1cc(-c2cnc(C(C)(C)C)nc2C2CCN(C(=O)c3cccc(N(C)C)c3)CC2)on1. The maximum absolute atomic E-state index is 13.2. The number of amides is 1. The Kier molecular flexibility index (Phi) is 6.23. The lowest BCUT2D eigenvalue weighted by Gasteiger charge is -2.33. The van der Waals surface area contributed by atoms with Gasteiger partial charge in [0.05, 0.1) is 17.0 Å². The van der Waals surface area contributed by atoms with E-state index in [1.807, 2.05) is 67.3 Å². The van der Waals surface area contributed by atoms with Gasteiger partial charge < -0.3 is 14.3 Å². The summed E-state index contributed by atoms with van der Waals surface area (Å²) in [6.07, 6.45) is 3.56. The van der Waals surface area contributed by atoms with Crippen LogP contribution in [0.1, 0.15) is 67.1 Å². The van der Waals surface area contributed by atoms with Crippen LogP contribution < -0.4 is 4.90 Å². The highest BCUT2D eigenvalue weighted by Gasteiger charge is 2.30. The first kappa shape index (κ1) is 23.0. The Morgan fingerprint density at radius 2 is 1.88 bits per heavy atom. The van der Waals surface area contributed by atoms with E-state index in [1.165, 1.54) is 0 Å². The highest BCUT2D eigenvalue weighted by Crippen LogP contribution is 2.35. The third kappa shape index (κ3) is 4.92. The number of benzene rings is 1. The monoisotopic (exact) mass is 447 g/mol. The summed E-state index contributed by atoms with van der Waals surface area (Å²) in [5.41, 5.74) is 4.32. The standard InChI is InChI=1S/C26H33N5O2/c1-17-14-22(33-29-17)21-16-27-25(26(2,3)4)28-23(21)18-10-12-31(13-11-18)24(32)19-8-7-9-20(15-19)30(5)6/h7-9,14-16,18H,10-13H2,1-6H3. The Labute approximate surface area is 195 Å². The molecule has 0 spiro atoms. The first-order valence-electron chi connectivity index (χ1n) is 11.5. The van der Waals surface area contributed by atoms with Gasteiger partial charge in [0.2, 0.25) is 0 Å². The minimum atomic E-state index is -0.154. The zero-order valence-corrected chi connectivity index (χ0v) is 20.4. The first-order chi connectivity index (χ1) is 15.6. The van der Waals surface area contributed by atoms with Crippen molar-refractivity contribution in [3.05, 3.63) is 59.3 Å². The second kappa shape index (κ2) is 8.96. The number of hydrogen-bond donors (Lipinski definition) is 0. The fraction of sp³-hybridized carbons (Fsp3) is 0.462. The fourth-order valence-corrected chi connectivity index (χ4v) is 4.20. The van der Waals surface area contributed by atoms with E-state index in [4.69, 9.17) is 9.51 Å². The van der Waals surface area contributed by atoms with Crippen molar-refractivity contribution in [2.75, 3.05) is 32.1 Å². The minimum absolute atomic E-state index is 0.0845. The first-order valence-corrected chi connectivity index (χ1v) is 11.5. The Balaban J connectivity index is 1.56. The normalized spacial score (nSPS) is 15.0. The number of carbonyl (C=O) groups excluding carboxylic acids is 1. The zero-order valence-electron chi connectivity index (χ0n) is 20.4. The van der Waals surface area contributed by atoms with Crippen LogP contribution in [0.15, 0.2) is 41.1 Å². The summed E-state index contributed by atoms with van der Waals surface area (Å²) in [5.74, 6) is 1.83. The molecular formula is C26H33N5O2. The van der Waals surface area contributed by atoms with E-state index < -0.39 is 0 Å². The quantitative estimate of drug-likeness (QED) is 0.571. The van der Waals surface area contributed by atoms with Crippen molar-refractivity contribution >= 4 is 11.6 Å². The van der Waals surface area contributed by atoms with Crippen molar-refractivity contribution in [3.63, 3.8) is 0 Å². The predicted octanol–water partition coefficient (Wildman–Crippen LogP) is 4.82. The predicted molar refractivity (Wildman–Crippen MR) is 130 cm³/mol. The Morgan fingerprint density at radius 3 is 2.48 bits per heavy atom. The van der Waals surface area contributed by atoms with Gasteiger partial charge in [-0.05, 0) is 38.0 Å². The van der Waals surface area contributed by atoms with Crippen LogP contribution in [-0.4, -0.2) is 53.1 Å². The van der Waals surface area contributed by atoms with Crippen molar-refractivity contribution in [3.8, 4) is 11.3 Å². The molecule has 1 amide bonds. The van der Waals surface area contributed by atoms with E-state index in [2.05, 4.69) is 30.9 Å². The van der Waals surface area contributed by atoms with Crippen LogP contribution in [-0.2, 0) is 5.41 Å². The molecule has 0 unspecified atom stereocenters. The molecule has 3 heterocycles. The van der Waals surface area contributed by atoms with Crippen LogP contribution in [0.25, 0.3) is 11.3 Å². The topological polar surface area (TPSA) is 75.4 Å². The number of hydrogen-bond acceptors (Lipinski definition) is 6. The number of aryl methyl sites for hydroxylation is 1. The fourth-order valence-electron chi connectivity index (χ4n) is 4.20. The van der Waals surface area contributed by atoms with E-state index in [9.17, 15) is 4.79 Å². The van der Waals surface area contributed by atoms with Gasteiger partial charge in [0.15, 0.2) is 5.76 Å². The number of rotatable bonds is 4. The molecule has 1 saturated heterocycles. The van der Waals surface area contributed by atoms with Gasteiger partial charge >= 0.3 is 0 Å². The Bertz CT molecular complexity index is 1140. The van der Waals surface area contributed by atoms with Gasteiger partial charge in [0.1, 0.15) is 5.82 Å². The molecular weight excluding hydrogens is 414 g/mol. The molecule has 1 aromatic carbocycles. The van der Waals surface area contributed by atoms with Crippen LogP contribution in [0, 0.1) is 6.92 Å². The summed E-state index contributed by atoms with van der Waals surface area (Å²) in [5, 5.41) is 4.05. The maximum Gasteiger partial charge on any atom is 0.253 e. The number of nitrogens with zero attached hydrogens (tertiary/aromatic N) is 5. The number of piperidine rings is 1. The van der Waals surface area contributed by atoms with E-state index >= 15 is 0 Å². The van der Waals surface area contributed by atoms with Crippen LogP contribution in [0.4, 0.5) is 5.69 Å². The molecule has 1 aliphatic rings. The highest BCUT2D eigenvalue weighted by molar-refractivity contribution is 5.95. The van der Waals surface area contributed by atoms with E-state index in [0.29, 0.717) is 18.8 Å². The molecule has 7 nitrogen and oxygen atoms in total.